The molecule has 4 aliphatic rings. The average Bonchev–Trinajstić information content (AvgIpc) is 3.78. The Labute approximate surface area is 305 Å². The number of rotatable bonds is 8. The zero-order chi connectivity index (χ0) is 40.0. The van der Waals surface area contributed by atoms with Crippen LogP contribution in [0.4, 0.5) is 11.6 Å². The van der Waals surface area contributed by atoms with Gasteiger partial charge in [-0.2, -0.15) is 8.62 Å². The van der Waals surface area contributed by atoms with Gasteiger partial charge in [0.15, 0.2) is 35.4 Å². The highest BCUT2D eigenvalue weighted by atomic mass is 31.3. The van der Waals surface area contributed by atoms with E-state index in [-0.39, 0.29) is 23.8 Å². The molecule has 2 fully saturated rings. The van der Waals surface area contributed by atoms with Crippen molar-refractivity contribution in [2.45, 2.75) is 61.3 Å². The Morgan fingerprint density at radius 1 is 0.600 bits per heavy atom. The molecular weight excluding hydrogens is 809 g/mol. The number of aromatic nitrogens is 8. The number of phosphoric acid groups is 3. The predicted molar refractivity (Wildman–Crippen MR) is 175 cm³/mol. The maximum atomic E-state index is 10.4. The normalized spacial score (nSPS) is 30.1. The van der Waals surface area contributed by atoms with Crippen molar-refractivity contribution < 1.29 is 86.2 Å². The van der Waals surface area contributed by atoms with Crippen LogP contribution in [0, 0.1) is 0 Å². The van der Waals surface area contributed by atoms with Crippen molar-refractivity contribution in [3.05, 3.63) is 50.0 Å². The summed E-state index contributed by atoms with van der Waals surface area (Å²) in [5, 5.41) is 40.7. The molecule has 0 aliphatic carbocycles. The van der Waals surface area contributed by atoms with Crippen LogP contribution in [-0.4, -0.2) is 133 Å². The summed E-state index contributed by atoms with van der Waals surface area (Å²) in [4.78, 5) is 64.4. The molecule has 4 aliphatic heterocycles. The second-order valence-corrected chi connectivity index (χ2v) is 15.8. The van der Waals surface area contributed by atoms with Crippen molar-refractivity contribution in [2.75, 3.05) is 11.5 Å². The Balaban J connectivity index is 0.000000145. The van der Waals surface area contributed by atoms with Gasteiger partial charge < -0.3 is 75.3 Å². The van der Waals surface area contributed by atoms with E-state index in [9.17, 15) is 34.1 Å². The van der Waals surface area contributed by atoms with Crippen LogP contribution in [0.1, 0.15) is 12.5 Å². The quantitative estimate of drug-likeness (QED) is 0.0797. The monoisotopic (exact) mass is 840 g/mol. The van der Waals surface area contributed by atoms with Crippen molar-refractivity contribution in [3.8, 4) is 0 Å². The third kappa shape index (κ3) is 8.84. The van der Waals surface area contributed by atoms with Crippen molar-refractivity contribution >= 4 is 57.4 Å². The van der Waals surface area contributed by atoms with Crippen LogP contribution in [0.15, 0.2) is 50.0 Å². The predicted octanol–water partition coefficient (Wildman–Crippen LogP) is -2.81. The zero-order valence-corrected chi connectivity index (χ0v) is 29.8. The van der Waals surface area contributed by atoms with E-state index in [0.717, 1.165) is 0 Å². The van der Waals surface area contributed by atoms with Crippen LogP contribution in [0.2, 0.25) is 0 Å². The summed E-state index contributed by atoms with van der Waals surface area (Å²) in [5.74, 6) is 0.488. The fraction of sp³-hybridized carbons (Fsp3) is 0.417. The Kier molecular flexibility index (Phi) is 11.4. The standard InChI is InChI=1S/2C12H13N5O4.H5O10P3/c2*13-10-6-11(15-3-14-10)17(4-16-6)12-8(19)7(18)9(21-12)5-1-2-20-5;1-11(2,3)9-13(7,8)10-12(4,5)6/h2*1-5,7-9,12,18-19H,(H2,13,14,15);(H,7,8)(H2,1,2,3)(H2,4,5,6)/t2*5?,7-,8+,9+,12+;/m00./s1. The Bertz CT molecular complexity index is 2080. The molecule has 28 nitrogen and oxygen atoms in total. The van der Waals surface area contributed by atoms with E-state index in [1.807, 2.05) is 0 Å². The zero-order valence-electron chi connectivity index (χ0n) is 27.2. The average molecular weight is 840 g/mol. The van der Waals surface area contributed by atoms with Gasteiger partial charge >= 0.3 is 23.5 Å². The molecule has 4 aromatic heterocycles. The summed E-state index contributed by atoms with van der Waals surface area (Å²) < 4.78 is 61.2. The number of imidazole rings is 2. The third-order valence-corrected chi connectivity index (χ3v) is 11.3. The fourth-order valence-corrected chi connectivity index (χ4v) is 8.02. The molecule has 0 radical (unpaired) electrons. The lowest BCUT2D eigenvalue weighted by Crippen LogP contribution is -2.40. The number of hydrogen-bond acceptors (Lipinski definition) is 21. The van der Waals surface area contributed by atoms with E-state index < -0.39 is 72.5 Å². The van der Waals surface area contributed by atoms with Gasteiger partial charge in [0.2, 0.25) is 0 Å². The first-order chi connectivity index (χ1) is 25.7. The lowest BCUT2D eigenvalue weighted by molar-refractivity contribution is -0.0842. The van der Waals surface area contributed by atoms with Gasteiger partial charge in [0.05, 0.1) is 25.2 Å². The molecule has 8 rings (SSSR count). The SMILES string of the molecule is Nc1ncnc2c1ncn2[C@@H]1O[C@H](C2C=CO2)[C@@H](O)[C@H]1O.Nc1ncnc2c1ncn2[C@@H]1O[C@H](C2C=CO2)[C@@H](O)[C@H]1O.O=P(O)(O)OP(=O)(O)OP(=O)(O)O. The van der Waals surface area contributed by atoms with E-state index >= 15 is 0 Å². The minimum Gasteiger partial charge on any atom is -0.491 e. The number of nitrogens with zero attached hydrogens (tertiary/aromatic N) is 8. The van der Waals surface area contributed by atoms with Gasteiger partial charge in [-0.15, -0.1) is 0 Å². The van der Waals surface area contributed by atoms with Gasteiger partial charge in [0.1, 0.15) is 72.5 Å². The number of anilines is 2. The number of nitrogens with two attached hydrogens (primary N) is 2. The molecule has 31 heteroatoms. The first-order valence-electron chi connectivity index (χ1n) is 15.1. The number of aliphatic hydroxyl groups is 4. The van der Waals surface area contributed by atoms with Gasteiger partial charge in [-0.25, -0.2) is 43.6 Å². The van der Waals surface area contributed by atoms with Crippen molar-refractivity contribution in [1.82, 2.24) is 39.0 Å². The number of fused-ring (bicyclic) bond motifs is 2. The largest absolute Gasteiger partial charge is 0.491 e. The molecule has 2 unspecified atom stereocenters. The van der Waals surface area contributed by atoms with Crippen LogP contribution >= 0.6 is 23.5 Å². The maximum Gasteiger partial charge on any atom is 0.490 e. The number of aliphatic hydroxyl groups excluding tert-OH is 4. The van der Waals surface area contributed by atoms with Crippen molar-refractivity contribution in [1.29, 1.82) is 0 Å². The van der Waals surface area contributed by atoms with Crippen LogP contribution in [0.25, 0.3) is 22.3 Å². The molecule has 55 heavy (non-hydrogen) atoms. The maximum absolute atomic E-state index is 10.4. The molecular formula is C24H31N10O18P3. The Morgan fingerprint density at radius 3 is 1.27 bits per heavy atom. The van der Waals surface area contributed by atoms with Crippen molar-refractivity contribution in [3.63, 3.8) is 0 Å². The van der Waals surface area contributed by atoms with Gasteiger partial charge in [0, 0.05) is 0 Å². The molecule has 0 aromatic carbocycles. The van der Waals surface area contributed by atoms with Gasteiger partial charge in [-0.05, 0) is 12.2 Å². The molecule has 2 saturated heterocycles. The summed E-state index contributed by atoms with van der Waals surface area (Å²) in [5.41, 5.74) is 13.2. The molecule has 10 atom stereocenters. The molecule has 0 amide bonds. The summed E-state index contributed by atoms with van der Waals surface area (Å²) >= 11 is 0. The second-order valence-electron chi connectivity index (χ2n) is 11.6. The highest BCUT2D eigenvalue weighted by molar-refractivity contribution is 7.66. The molecule has 8 heterocycles. The molecule has 13 N–H and O–H groups in total. The molecule has 0 saturated carbocycles. The summed E-state index contributed by atoms with van der Waals surface area (Å²) in [6.07, 6.45) is 4.03. The van der Waals surface area contributed by atoms with E-state index in [1.165, 1.54) is 47.0 Å². The number of nitrogen functional groups attached to an aromatic ring is 2. The van der Waals surface area contributed by atoms with Crippen LogP contribution in [0.3, 0.4) is 0 Å². The Hall–Kier alpha value is -4.05. The van der Waals surface area contributed by atoms with Crippen LogP contribution in [-0.2, 0) is 41.3 Å². The second kappa shape index (κ2) is 15.5. The van der Waals surface area contributed by atoms with E-state index in [4.69, 9.17) is 54.9 Å². The first-order valence-corrected chi connectivity index (χ1v) is 19.7. The van der Waals surface area contributed by atoms with E-state index in [0.29, 0.717) is 22.3 Å². The lowest BCUT2D eigenvalue weighted by Gasteiger charge is -2.27. The fourth-order valence-electron chi connectivity index (χ4n) is 5.48. The highest BCUT2D eigenvalue weighted by Crippen LogP contribution is 2.64. The summed E-state index contributed by atoms with van der Waals surface area (Å²) in [6.45, 7) is 0. The molecule has 0 spiro atoms. The summed E-state index contributed by atoms with van der Waals surface area (Å²) in [7, 11) is -16.2. The Morgan fingerprint density at radius 2 is 0.964 bits per heavy atom. The first kappa shape index (κ1) is 40.6. The van der Waals surface area contributed by atoms with Gasteiger partial charge in [-0.3, -0.25) is 9.13 Å². The number of ether oxygens (including phenoxy) is 4. The van der Waals surface area contributed by atoms with E-state index in [1.54, 1.807) is 12.2 Å². The molecule has 0 bridgehead atoms. The van der Waals surface area contributed by atoms with Gasteiger partial charge in [-0.1, -0.05) is 0 Å². The topological polar surface area (TPSA) is 428 Å². The third-order valence-electron chi connectivity index (χ3n) is 7.95. The van der Waals surface area contributed by atoms with Crippen LogP contribution < -0.4 is 11.5 Å². The minimum absolute atomic E-state index is 0.244. The molecule has 4 aromatic rings. The van der Waals surface area contributed by atoms with E-state index in [2.05, 4.69) is 38.5 Å². The molecule has 300 valence electrons. The minimum atomic E-state index is -5.46. The van der Waals surface area contributed by atoms with Crippen LogP contribution in [0.5, 0.6) is 0 Å². The summed E-state index contributed by atoms with van der Waals surface area (Å²) in [6, 6.07) is 0. The smallest absolute Gasteiger partial charge is 0.490 e. The number of hydrogen-bond donors (Lipinski definition) is 11. The lowest BCUT2D eigenvalue weighted by atomic mass is 10.0. The van der Waals surface area contributed by atoms with Gasteiger partial charge in [0.25, 0.3) is 0 Å². The van der Waals surface area contributed by atoms with Crippen molar-refractivity contribution in [2.24, 2.45) is 0 Å². The highest BCUT2D eigenvalue weighted by Gasteiger charge is 2.50.